The molecule has 1 aliphatic heterocycles. The fraction of sp³-hybridized carbons (Fsp3) is 0.0588. The Morgan fingerprint density at radius 2 is 1.95 bits per heavy atom. The van der Waals surface area contributed by atoms with Crippen LogP contribution in [0.5, 0.6) is 5.75 Å². The standard InChI is InChI=1S/C17H14N2O2S/c1-11-3-2-4-13(9-11)18-17-19-16(21)15(22-17)10-12-5-7-14(20)8-6-12/h2-10,20H,1H3,(H,18,19,21)/b15-10+. The number of amidine groups is 1. The Kier molecular flexibility index (Phi) is 3.98. The van der Waals surface area contributed by atoms with Gasteiger partial charge in [-0.1, -0.05) is 24.3 Å². The molecular weight excluding hydrogens is 296 g/mol. The third kappa shape index (κ3) is 3.38. The predicted molar refractivity (Wildman–Crippen MR) is 90.1 cm³/mol. The molecule has 0 aromatic heterocycles. The molecule has 0 saturated carbocycles. The maximum absolute atomic E-state index is 12.0. The molecule has 1 amide bonds. The molecule has 0 radical (unpaired) electrons. The molecule has 1 aliphatic rings. The lowest BCUT2D eigenvalue weighted by Gasteiger charge is -1.97. The van der Waals surface area contributed by atoms with Crippen molar-refractivity contribution in [3.63, 3.8) is 0 Å². The molecule has 1 saturated heterocycles. The molecule has 2 aromatic rings. The summed E-state index contributed by atoms with van der Waals surface area (Å²) in [6.07, 6.45) is 1.78. The highest BCUT2D eigenvalue weighted by atomic mass is 32.2. The number of rotatable bonds is 2. The average molecular weight is 310 g/mol. The van der Waals surface area contributed by atoms with E-state index in [1.54, 1.807) is 30.3 Å². The Hall–Kier alpha value is -2.53. The molecule has 1 fully saturated rings. The van der Waals surface area contributed by atoms with E-state index in [0.717, 1.165) is 16.8 Å². The summed E-state index contributed by atoms with van der Waals surface area (Å²) in [5.41, 5.74) is 2.79. The molecular formula is C17H14N2O2S. The Bertz CT molecular complexity index is 780. The van der Waals surface area contributed by atoms with Gasteiger partial charge in [0.1, 0.15) is 5.75 Å². The summed E-state index contributed by atoms with van der Waals surface area (Å²) in [5.74, 6) is 0.0388. The van der Waals surface area contributed by atoms with E-state index in [1.165, 1.54) is 11.8 Å². The summed E-state index contributed by atoms with van der Waals surface area (Å²) in [6.45, 7) is 2.00. The number of nitrogens with one attached hydrogen (secondary N) is 1. The topological polar surface area (TPSA) is 61.7 Å². The molecule has 1 heterocycles. The minimum atomic E-state index is -0.163. The second kappa shape index (κ2) is 6.07. The average Bonchev–Trinajstić information content (AvgIpc) is 2.81. The van der Waals surface area contributed by atoms with Gasteiger partial charge in [0.15, 0.2) is 5.17 Å². The van der Waals surface area contributed by atoms with Gasteiger partial charge in [0.05, 0.1) is 10.6 Å². The number of hydrogen-bond donors (Lipinski definition) is 2. The molecule has 22 heavy (non-hydrogen) atoms. The van der Waals surface area contributed by atoms with Crippen molar-refractivity contribution in [1.29, 1.82) is 0 Å². The zero-order valence-corrected chi connectivity index (χ0v) is 12.7. The molecule has 3 rings (SSSR count). The van der Waals surface area contributed by atoms with Crippen molar-refractivity contribution >= 4 is 34.6 Å². The predicted octanol–water partition coefficient (Wildman–Crippen LogP) is 3.59. The van der Waals surface area contributed by atoms with E-state index in [-0.39, 0.29) is 11.7 Å². The molecule has 2 aromatic carbocycles. The number of benzene rings is 2. The highest BCUT2D eigenvalue weighted by Crippen LogP contribution is 2.28. The summed E-state index contributed by atoms with van der Waals surface area (Å²) in [5, 5.41) is 12.6. The Balaban J connectivity index is 1.82. The molecule has 5 heteroatoms. The number of phenols is 1. The first-order chi connectivity index (χ1) is 10.6. The van der Waals surface area contributed by atoms with Gasteiger partial charge in [0.2, 0.25) is 0 Å². The van der Waals surface area contributed by atoms with Crippen LogP contribution in [-0.2, 0) is 4.79 Å². The zero-order valence-electron chi connectivity index (χ0n) is 11.9. The number of phenolic OH excluding ortho intramolecular Hbond substituents is 1. The maximum Gasteiger partial charge on any atom is 0.264 e. The normalized spacial score (nSPS) is 18.0. The Morgan fingerprint density at radius 3 is 2.68 bits per heavy atom. The van der Waals surface area contributed by atoms with Crippen LogP contribution in [0.15, 0.2) is 58.4 Å². The third-order valence-electron chi connectivity index (χ3n) is 3.07. The number of aromatic hydroxyl groups is 1. The van der Waals surface area contributed by atoms with E-state index in [4.69, 9.17) is 0 Å². The smallest absolute Gasteiger partial charge is 0.264 e. The van der Waals surface area contributed by atoms with E-state index >= 15 is 0 Å². The van der Waals surface area contributed by atoms with Gasteiger partial charge in [-0.3, -0.25) is 4.79 Å². The summed E-state index contributed by atoms with van der Waals surface area (Å²) < 4.78 is 0. The number of aryl methyl sites for hydroxylation is 1. The largest absolute Gasteiger partial charge is 0.508 e. The number of aliphatic imine (C=N–C) groups is 1. The van der Waals surface area contributed by atoms with Crippen molar-refractivity contribution in [3.05, 3.63) is 64.6 Å². The summed E-state index contributed by atoms with van der Waals surface area (Å²) in [4.78, 5) is 17.0. The SMILES string of the molecule is Cc1cccc(N=C2NC(=O)/C(=C\c3ccc(O)cc3)S2)c1. The number of amides is 1. The van der Waals surface area contributed by atoms with Crippen LogP contribution in [0.1, 0.15) is 11.1 Å². The quantitative estimate of drug-likeness (QED) is 0.833. The summed E-state index contributed by atoms with van der Waals surface area (Å²) in [7, 11) is 0. The van der Waals surface area contributed by atoms with Crippen LogP contribution in [0.25, 0.3) is 6.08 Å². The highest BCUT2D eigenvalue weighted by molar-refractivity contribution is 8.18. The molecule has 0 atom stereocenters. The Morgan fingerprint density at radius 1 is 1.18 bits per heavy atom. The molecule has 110 valence electrons. The second-order valence-corrected chi connectivity index (χ2v) is 5.94. The monoisotopic (exact) mass is 310 g/mol. The molecule has 0 aliphatic carbocycles. The maximum atomic E-state index is 12.0. The summed E-state index contributed by atoms with van der Waals surface area (Å²) >= 11 is 1.31. The summed E-state index contributed by atoms with van der Waals surface area (Å²) in [6, 6.07) is 14.5. The van der Waals surface area contributed by atoms with Gasteiger partial charge in [-0.2, -0.15) is 0 Å². The van der Waals surface area contributed by atoms with Gasteiger partial charge < -0.3 is 10.4 Å². The molecule has 0 spiro atoms. The second-order valence-electron chi connectivity index (χ2n) is 4.91. The van der Waals surface area contributed by atoms with Gasteiger partial charge in [0.25, 0.3) is 5.91 Å². The van der Waals surface area contributed by atoms with E-state index in [0.29, 0.717) is 10.1 Å². The lowest BCUT2D eigenvalue weighted by Crippen LogP contribution is -2.19. The molecule has 0 unspecified atom stereocenters. The van der Waals surface area contributed by atoms with E-state index in [1.807, 2.05) is 31.2 Å². The van der Waals surface area contributed by atoms with Gasteiger partial charge in [-0.25, -0.2) is 4.99 Å². The van der Waals surface area contributed by atoms with Crippen molar-refractivity contribution in [2.24, 2.45) is 4.99 Å². The highest BCUT2D eigenvalue weighted by Gasteiger charge is 2.23. The first-order valence-electron chi connectivity index (χ1n) is 6.75. The van der Waals surface area contributed by atoms with Crippen LogP contribution in [-0.4, -0.2) is 16.2 Å². The fourth-order valence-corrected chi connectivity index (χ4v) is 2.86. The zero-order chi connectivity index (χ0) is 15.5. The number of carbonyl (C=O) groups excluding carboxylic acids is 1. The minimum absolute atomic E-state index is 0.163. The fourth-order valence-electron chi connectivity index (χ4n) is 2.02. The van der Waals surface area contributed by atoms with Crippen molar-refractivity contribution in [2.75, 3.05) is 0 Å². The van der Waals surface area contributed by atoms with Crippen LogP contribution in [0.2, 0.25) is 0 Å². The van der Waals surface area contributed by atoms with Crippen LogP contribution in [0.3, 0.4) is 0 Å². The van der Waals surface area contributed by atoms with Crippen molar-refractivity contribution in [2.45, 2.75) is 6.92 Å². The first-order valence-corrected chi connectivity index (χ1v) is 7.57. The Labute approximate surface area is 132 Å². The minimum Gasteiger partial charge on any atom is -0.508 e. The number of carbonyl (C=O) groups is 1. The van der Waals surface area contributed by atoms with Crippen LogP contribution in [0, 0.1) is 6.92 Å². The van der Waals surface area contributed by atoms with Gasteiger partial charge in [-0.05, 0) is 60.2 Å². The van der Waals surface area contributed by atoms with Crippen molar-refractivity contribution < 1.29 is 9.90 Å². The van der Waals surface area contributed by atoms with Crippen LogP contribution < -0.4 is 5.32 Å². The number of thioether (sulfide) groups is 1. The van der Waals surface area contributed by atoms with Gasteiger partial charge in [-0.15, -0.1) is 0 Å². The molecule has 4 nitrogen and oxygen atoms in total. The first kappa shape index (κ1) is 14.4. The third-order valence-corrected chi connectivity index (χ3v) is 3.98. The molecule has 2 N–H and O–H groups in total. The van der Waals surface area contributed by atoms with E-state index in [9.17, 15) is 9.90 Å². The van der Waals surface area contributed by atoms with Crippen LogP contribution in [0.4, 0.5) is 5.69 Å². The lowest BCUT2D eigenvalue weighted by molar-refractivity contribution is -0.115. The van der Waals surface area contributed by atoms with Crippen molar-refractivity contribution in [1.82, 2.24) is 5.32 Å². The van der Waals surface area contributed by atoms with Crippen LogP contribution >= 0.6 is 11.8 Å². The van der Waals surface area contributed by atoms with Gasteiger partial charge >= 0.3 is 0 Å². The number of nitrogens with zero attached hydrogens (tertiary/aromatic N) is 1. The van der Waals surface area contributed by atoms with Crippen molar-refractivity contribution in [3.8, 4) is 5.75 Å². The van der Waals surface area contributed by atoms with E-state index in [2.05, 4.69) is 10.3 Å². The van der Waals surface area contributed by atoms with Gasteiger partial charge in [0, 0.05) is 0 Å². The number of hydrogen-bond acceptors (Lipinski definition) is 4. The molecule has 0 bridgehead atoms. The van der Waals surface area contributed by atoms with E-state index < -0.39 is 0 Å². The lowest BCUT2D eigenvalue weighted by atomic mass is 10.2.